The van der Waals surface area contributed by atoms with Gasteiger partial charge < -0.3 is 75.3 Å². The quantitative estimate of drug-likeness (QED) is 0.0221. The third-order valence-electron chi connectivity index (χ3n) is 19.9. The highest BCUT2D eigenvalue weighted by molar-refractivity contribution is 7.90. The molecule has 12 rings (SSSR count). The highest BCUT2D eigenvalue weighted by Gasteiger charge is 2.27. The zero-order valence-electron chi connectivity index (χ0n) is 85.1. The average Bonchev–Trinajstić information content (AvgIpc) is 1.45. The lowest BCUT2D eigenvalue weighted by Gasteiger charge is -2.19. The average molecular weight is 2180 g/mol. The molecule has 4 heterocycles. The molecule has 0 fully saturated rings. The molecule has 4 aromatic heterocycles. The third kappa shape index (κ3) is 43.5. The highest BCUT2D eigenvalue weighted by Crippen LogP contribution is 2.49. The Kier molecular flexibility index (Phi) is 47.7. The molecule has 0 aliphatic heterocycles. The summed E-state index contributed by atoms with van der Waals surface area (Å²) in [5.74, 6) is 2.51. The summed E-state index contributed by atoms with van der Waals surface area (Å²) in [5, 5.41) is 29.1. The van der Waals surface area contributed by atoms with Crippen LogP contribution in [0.2, 0.25) is 0 Å². The number of hydrogen-bond acceptors (Lipinski definition) is 34. The fraction of sp³-hybridized carbons (Fsp3) is 0.379. The number of aliphatic hydroxyl groups excluding tert-OH is 1. The maximum atomic E-state index is 13.1. The van der Waals surface area contributed by atoms with Crippen molar-refractivity contribution in [1.29, 1.82) is 0 Å². The fourth-order valence-electron chi connectivity index (χ4n) is 13.9. The number of nitrogens with one attached hydrogen (secondary N) is 4. The predicted octanol–water partition coefficient (Wildman–Crippen LogP) is 22.8. The van der Waals surface area contributed by atoms with Crippen LogP contribution in [-0.4, -0.2) is 207 Å². The Bertz CT molecular complexity index is 6480. The second-order valence-corrected chi connectivity index (χ2v) is 50.4. The molecule has 4 amide bonds. The van der Waals surface area contributed by atoms with Crippen molar-refractivity contribution in [3.05, 3.63) is 271 Å². The van der Waals surface area contributed by atoms with E-state index >= 15 is 0 Å². The molecule has 0 saturated heterocycles. The van der Waals surface area contributed by atoms with Crippen LogP contribution in [0, 0.1) is 0 Å². The minimum absolute atomic E-state index is 0.0769. The SMILES string of the molecule is CCOP(C)(=O)Cc1csc(NC(=O)c2cc(OCCc3ccccc3)cc(O[C@@H](C)COC)c2)n1.CCOP(C)(=O)Cc1csc(NC(=O)c2cc(O[C@@H](C)CO)cc(O[C@@H](C)Cc3ccccc3)c2)n1.CCOP(C)(=O)Cc1csc(NC(=O)c2cc(O[C@@H](C)COC)cc(O[C@@H](C)Cc3ccccc3)c2)n1.COC[C@H](C)Oc1cc(Oc2ccc(S(C)(=O)=O)cc2)cc(C(=O)Nc2nc(COP(C)(C)=O)cs2)c1. The van der Waals surface area contributed by atoms with E-state index in [1.54, 1.807) is 157 Å². The molecule has 5 N–H and O–H groups in total. The zero-order chi connectivity index (χ0) is 106. The number of aliphatic hydroxyl groups is 1. The number of carbonyl (C=O) groups is 4. The van der Waals surface area contributed by atoms with Gasteiger partial charge in [0.2, 0.25) is 22.1 Å². The summed E-state index contributed by atoms with van der Waals surface area (Å²) in [7, 11) is -9.55. The van der Waals surface area contributed by atoms with Crippen LogP contribution in [0.25, 0.3) is 0 Å². The number of benzene rings is 8. The van der Waals surface area contributed by atoms with Crippen molar-refractivity contribution in [2.24, 2.45) is 0 Å². The lowest BCUT2D eigenvalue weighted by molar-refractivity contribution is 0.0913. The molecule has 3 unspecified atom stereocenters. The van der Waals surface area contributed by atoms with Gasteiger partial charge in [0.1, 0.15) is 76.2 Å². The van der Waals surface area contributed by atoms with E-state index in [1.165, 1.54) is 89.0 Å². The maximum absolute atomic E-state index is 13.1. The molecule has 0 bridgehead atoms. The Hall–Kier alpha value is -10.9. The number of carbonyl (C=O) groups excluding carboxylic acids is 4. The van der Waals surface area contributed by atoms with E-state index in [-0.39, 0.29) is 90.4 Å². The smallest absolute Gasteiger partial charge is 0.257 e. The summed E-state index contributed by atoms with van der Waals surface area (Å²) in [5.41, 5.74) is 7.18. The molecular weight excluding hydrogens is 2050 g/mol. The molecule has 43 heteroatoms. The van der Waals surface area contributed by atoms with Gasteiger partial charge >= 0.3 is 0 Å². The lowest BCUT2D eigenvalue weighted by Crippen LogP contribution is -2.19. The molecule has 788 valence electrons. The van der Waals surface area contributed by atoms with Gasteiger partial charge in [0.05, 0.1) is 118 Å². The number of nitrogens with zero attached hydrogens (tertiary/aromatic N) is 4. The summed E-state index contributed by atoms with van der Waals surface area (Å²) in [6, 6.07) is 56.0. The Morgan fingerprint density at radius 2 is 0.664 bits per heavy atom. The Labute approximate surface area is 870 Å². The number of aromatic nitrogens is 4. The van der Waals surface area contributed by atoms with Crippen molar-refractivity contribution in [3.63, 3.8) is 0 Å². The van der Waals surface area contributed by atoms with Gasteiger partial charge in [-0.15, -0.1) is 45.3 Å². The van der Waals surface area contributed by atoms with Crippen molar-refractivity contribution in [1.82, 2.24) is 19.9 Å². The van der Waals surface area contributed by atoms with Crippen LogP contribution in [0.3, 0.4) is 0 Å². The monoisotopic (exact) mass is 2180 g/mol. The van der Waals surface area contributed by atoms with Crippen LogP contribution in [0.15, 0.2) is 214 Å². The molecule has 146 heavy (non-hydrogen) atoms. The Balaban J connectivity index is 0.000000217. The van der Waals surface area contributed by atoms with Crippen LogP contribution < -0.4 is 59.2 Å². The number of anilines is 4. The Morgan fingerprint density at radius 3 is 0.986 bits per heavy atom. The molecule has 8 aromatic carbocycles. The van der Waals surface area contributed by atoms with Crippen molar-refractivity contribution < 1.29 is 121 Å². The lowest BCUT2D eigenvalue weighted by atomic mass is 10.1. The van der Waals surface area contributed by atoms with Gasteiger partial charge in [-0.25, -0.2) is 28.4 Å². The summed E-state index contributed by atoms with van der Waals surface area (Å²) in [6.45, 7) is 27.1. The first-order valence-corrected chi connectivity index (χ1v) is 61.4. The van der Waals surface area contributed by atoms with Crippen molar-refractivity contribution in [3.8, 4) is 51.7 Å². The van der Waals surface area contributed by atoms with E-state index < -0.39 is 51.3 Å². The molecule has 9 atom stereocenters. The normalized spacial score (nSPS) is 13.8. The second kappa shape index (κ2) is 58.8. The third-order valence-corrected chi connectivity index (χ3v) is 30.2. The molecule has 34 nitrogen and oxygen atoms in total. The van der Waals surface area contributed by atoms with Gasteiger partial charge in [-0.3, -0.25) is 58.7 Å². The number of hydrogen-bond donors (Lipinski definition) is 5. The van der Waals surface area contributed by atoms with Crippen molar-refractivity contribution >= 4 is 129 Å². The van der Waals surface area contributed by atoms with Crippen LogP contribution in [0.5, 0.6) is 51.7 Å². The molecule has 0 aliphatic carbocycles. The fourth-order valence-corrected chi connectivity index (χ4v) is 22.3. The van der Waals surface area contributed by atoms with E-state index in [4.69, 9.17) is 70.2 Å². The first-order chi connectivity index (χ1) is 69.4. The Morgan fingerprint density at radius 1 is 0.370 bits per heavy atom. The zero-order valence-corrected chi connectivity index (χ0v) is 92.7. The minimum atomic E-state index is -3.34. The first-order valence-electron chi connectivity index (χ1n) is 46.7. The molecule has 12 aromatic rings. The number of rotatable bonds is 53. The number of sulfone groups is 1. The molecule has 0 spiro atoms. The topological polar surface area (TPSA) is 429 Å². The van der Waals surface area contributed by atoms with Crippen LogP contribution in [0.1, 0.15) is 143 Å². The van der Waals surface area contributed by atoms with E-state index in [0.717, 1.165) is 35.8 Å². The molecule has 0 saturated carbocycles. The van der Waals surface area contributed by atoms with Gasteiger partial charge in [0.15, 0.2) is 37.7 Å². The maximum Gasteiger partial charge on any atom is 0.257 e. The standard InChI is InChI=1S/C27H35N2O6PS.2C26H33N2O6PS.C24H29N2O8PS2/c1-6-33-36(5,31)17-23-18-37-27(28-23)29-26(30)22-13-24(15-25(14-22)35-20(3)16-32-4)34-19(2)12-21-10-8-7-9-11-21;1-5-32-35(4,31)16-22-17-36-26(27-22)28-25(30)21-12-23(14-24(13-21)34-19(3)15-29)33-18(2)11-20-9-7-6-8-10-20;1-5-33-35(4,30)17-22-18-36-26(27-22)28-25(29)21-13-23(15-24(14-21)34-19(2)16-31-3)32-12-11-20-9-7-6-8-10-20;1-16(13-31-2)33-20-10-17(23(27)26-24-25-18(15-36-24)14-32-35(3,4)28)11-21(12-20)34-19-6-8-22(9-7-19)37(5,29)30/h7-11,13-15,18-20H,6,12,16-17H2,1-5H3,(H,28,29,30);6-10,12-14,17-19,29H,5,11,15-16H2,1-4H3,(H,27,28,30);6-10,13-15,18-19H,5,11-12,16-17H2,1-4H3,(H,27,28,29);6-12,15-16H,13-14H2,1-5H3,(H,25,26,27)/t19-,20-,36?;18-,19-,35?;19-,35?;16-/m0000/s1. The van der Waals surface area contributed by atoms with Crippen LogP contribution >= 0.6 is 74.8 Å². The minimum Gasteiger partial charge on any atom is -0.493 e. The number of thiazole rings is 4. The number of amides is 4. The molecule has 0 radical (unpaired) electrons. The van der Waals surface area contributed by atoms with E-state index in [2.05, 4.69) is 53.3 Å². The summed E-state index contributed by atoms with van der Waals surface area (Å²) in [4.78, 5) is 70.0. The van der Waals surface area contributed by atoms with Gasteiger partial charge in [-0.1, -0.05) is 91.0 Å². The van der Waals surface area contributed by atoms with Gasteiger partial charge in [-0.2, -0.15) is 0 Å². The number of methoxy groups -OCH3 is 3. The largest absolute Gasteiger partial charge is 0.493 e. The summed E-state index contributed by atoms with van der Waals surface area (Å²) in [6.07, 6.45) is 2.48. The van der Waals surface area contributed by atoms with E-state index in [0.29, 0.717) is 164 Å². The summed E-state index contributed by atoms with van der Waals surface area (Å²) < 4.78 is 157. The van der Waals surface area contributed by atoms with E-state index in [9.17, 15) is 51.0 Å². The number of ether oxygens (including phenoxy) is 11. The van der Waals surface area contributed by atoms with Crippen molar-refractivity contribution in [2.45, 2.75) is 148 Å². The van der Waals surface area contributed by atoms with E-state index in [1.807, 2.05) is 113 Å². The van der Waals surface area contributed by atoms with Crippen LogP contribution in [-0.2, 0) is 105 Å². The second-order valence-electron chi connectivity index (χ2n) is 34.4. The predicted molar refractivity (Wildman–Crippen MR) is 576 cm³/mol. The van der Waals surface area contributed by atoms with Gasteiger partial charge in [0.25, 0.3) is 23.6 Å². The molecular formula is C103H130N8O26P4S5. The molecule has 0 aliphatic rings. The van der Waals surface area contributed by atoms with Gasteiger partial charge in [-0.05, 0) is 152 Å². The summed E-state index contributed by atoms with van der Waals surface area (Å²) >= 11 is 5.00. The highest BCUT2D eigenvalue weighted by atomic mass is 32.2. The van der Waals surface area contributed by atoms with Gasteiger partial charge in [0, 0.05) is 148 Å². The first kappa shape index (κ1) is 119. The van der Waals surface area contributed by atoms with Crippen LogP contribution in [0.4, 0.5) is 20.5 Å². The van der Waals surface area contributed by atoms with Crippen molar-refractivity contribution in [2.75, 3.05) is 135 Å².